The number of hydrogen-bond acceptors (Lipinski definition) is 6. The molecule has 1 atom stereocenters. The molecule has 8 nitrogen and oxygen atoms in total. The summed E-state index contributed by atoms with van der Waals surface area (Å²) in [5.74, 6) is 2.78. The van der Waals surface area contributed by atoms with Crippen molar-refractivity contribution in [2.45, 2.75) is 38.8 Å². The molecule has 1 unspecified atom stereocenters. The standard InChI is InChI=1S/C19H26N4O4/c1-13(2)17-22-21-16-11-26-12-19(3,23(16)17)18(24)20-9-10-27-15-8-6-5-7-14(15)25-4/h5-8,13H,9-12H2,1-4H3,(H,20,24). The number of carbonyl (C=O) groups is 1. The molecule has 1 aromatic heterocycles. The maximum absolute atomic E-state index is 12.9. The summed E-state index contributed by atoms with van der Waals surface area (Å²) in [5.41, 5.74) is -0.888. The van der Waals surface area contributed by atoms with Crippen LogP contribution in [0.5, 0.6) is 11.5 Å². The average molecular weight is 374 g/mol. The van der Waals surface area contributed by atoms with Gasteiger partial charge in [-0.1, -0.05) is 26.0 Å². The van der Waals surface area contributed by atoms with Gasteiger partial charge in [0.05, 0.1) is 20.3 Å². The highest BCUT2D eigenvalue weighted by Gasteiger charge is 2.42. The van der Waals surface area contributed by atoms with Crippen LogP contribution in [0, 0.1) is 0 Å². The van der Waals surface area contributed by atoms with Gasteiger partial charge in [-0.2, -0.15) is 0 Å². The van der Waals surface area contributed by atoms with E-state index in [0.29, 0.717) is 37.1 Å². The number of nitrogens with zero attached hydrogens (tertiary/aromatic N) is 3. The lowest BCUT2D eigenvalue weighted by atomic mass is 9.99. The number of methoxy groups -OCH3 is 1. The van der Waals surface area contributed by atoms with E-state index in [-0.39, 0.29) is 18.4 Å². The molecule has 0 fully saturated rings. The monoisotopic (exact) mass is 374 g/mol. The van der Waals surface area contributed by atoms with Gasteiger partial charge < -0.3 is 19.5 Å². The van der Waals surface area contributed by atoms with Gasteiger partial charge in [0.2, 0.25) is 5.91 Å². The normalized spacial score (nSPS) is 18.9. The van der Waals surface area contributed by atoms with E-state index >= 15 is 0 Å². The predicted octanol–water partition coefficient (Wildman–Crippen LogP) is 1.85. The number of ether oxygens (including phenoxy) is 3. The number of nitrogens with one attached hydrogen (secondary N) is 1. The maximum Gasteiger partial charge on any atom is 0.248 e. The Labute approximate surface area is 158 Å². The molecule has 0 bridgehead atoms. The third kappa shape index (κ3) is 3.75. The fourth-order valence-electron chi connectivity index (χ4n) is 3.16. The number of para-hydroxylation sites is 2. The molecular weight excluding hydrogens is 348 g/mol. The quantitative estimate of drug-likeness (QED) is 0.744. The van der Waals surface area contributed by atoms with E-state index < -0.39 is 5.54 Å². The van der Waals surface area contributed by atoms with Crippen LogP contribution in [0.4, 0.5) is 0 Å². The lowest BCUT2D eigenvalue weighted by Gasteiger charge is -2.35. The van der Waals surface area contributed by atoms with Crippen LogP contribution in [0.15, 0.2) is 24.3 Å². The van der Waals surface area contributed by atoms with Crippen molar-refractivity contribution in [2.24, 2.45) is 0 Å². The third-order valence-electron chi connectivity index (χ3n) is 4.58. The summed E-state index contributed by atoms with van der Waals surface area (Å²) in [6.45, 7) is 7.24. The number of amides is 1. The largest absolute Gasteiger partial charge is 0.493 e. The summed E-state index contributed by atoms with van der Waals surface area (Å²) in [6, 6.07) is 7.41. The minimum absolute atomic E-state index is 0.145. The molecule has 1 N–H and O–H groups in total. The predicted molar refractivity (Wildman–Crippen MR) is 98.9 cm³/mol. The van der Waals surface area contributed by atoms with Crippen molar-refractivity contribution in [3.63, 3.8) is 0 Å². The van der Waals surface area contributed by atoms with Crippen molar-refractivity contribution in [1.82, 2.24) is 20.1 Å². The van der Waals surface area contributed by atoms with Crippen molar-refractivity contribution in [3.05, 3.63) is 35.9 Å². The number of hydrogen-bond donors (Lipinski definition) is 1. The first-order valence-corrected chi connectivity index (χ1v) is 9.04. The Bertz CT molecular complexity index is 805. The van der Waals surface area contributed by atoms with Crippen LogP contribution < -0.4 is 14.8 Å². The van der Waals surface area contributed by atoms with Crippen LogP contribution in [-0.2, 0) is 21.7 Å². The zero-order chi connectivity index (χ0) is 19.4. The Balaban J connectivity index is 1.64. The van der Waals surface area contributed by atoms with E-state index in [2.05, 4.69) is 15.5 Å². The van der Waals surface area contributed by atoms with Crippen LogP contribution >= 0.6 is 0 Å². The van der Waals surface area contributed by atoms with Crippen molar-refractivity contribution >= 4 is 5.91 Å². The molecule has 0 saturated heterocycles. The summed E-state index contributed by atoms with van der Waals surface area (Å²) in [7, 11) is 1.59. The van der Waals surface area contributed by atoms with Gasteiger partial charge in [0.1, 0.15) is 24.6 Å². The van der Waals surface area contributed by atoms with Gasteiger partial charge in [-0.25, -0.2) is 0 Å². The Morgan fingerprint density at radius 3 is 2.78 bits per heavy atom. The SMILES string of the molecule is COc1ccccc1OCCNC(=O)C1(C)COCc2nnc(C(C)C)n21. The summed E-state index contributed by atoms with van der Waals surface area (Å²) in [4.78, 5) is 12.9. The van der Waals surface area contributed by atoms with Gasteiger partial charge in [0.25, 0.3) is 0 Å². The van der Waals surface area contributed by atoms with Gasteiger partial charge in [-0.15, -0.1) is 10.2 Å². The molecule has 1 aliphatic rings. The molecule has 146 valence electrons. The highest BCUT2D eigenvalue weighted by atomic mass is 16.5. The first-order chi connectivity index (χ1) is 13.0. The molecule has 8 heteroatoms. The number of carbonyl (C=O) groups excluding carboxylic acids is 1. The van der Waals surface area contributed by atoms with Gasteiger partial charge in [0.15, 0.2) is 17.3 Å². The van der Waals surface area contributed by atoms with Gasteiger partial charge >= 0.3 is 0 Å². The Kier molecular flexibility index (Phi) is 5.65. The molecule has 1 aromatic carbocycles. The van der Waals surface area contributed by atoms with Crippen LogP contribution in [0.25, 0.3) is 0 Å². The van der Waals surface area contributed by atoms with E-state index in [0.717, 1.165) is 5.82 Å². The van der Waals surface area contributed by atoms with Crippen LogP contribution in [0.1, 0.15) is 38.3 Å². The Morgan fingerprint density at radius 2 is 2.07 bits per heavy atom. The topological polar surface area (TPSA) is 87.5 Å². The lowest BCUT2D eigenvalue weighted by Crippen LogP contribution is -2.53. The zero-order valence-electron chi connectivity index (χ0n) is 16.2. The molecule has 0 saturated carbocycles. The smallest absolute Gasteiger partial charge is 0.248 e. The highest BCUT2D eigenvalue weighted by molar-refractivity contribution is 5.84. The average Bonchev–Trinajstić information content (AvgIpc) is 3.11. The number of benzene rings is 1. The molecule has 3 rings (SSSR count). The first kappa shape index (κ1) is 19.2. The fourth-order valence-corrected chi connectivity index (χ4v) is 3.16. The second-order valence-corrected chi connectivity index (χ2v) is 6.99. The van der Waals surface area contributed by atoms with E-state index in [1.54, 1.807) is 7.11 Å². The van der Waals surface area contributed by atoms with Gasteiger partial charge in [0, 0.05) is 5.92 Å². The number of fused-ring (bicyclic) bond motifs is 1. The second kappa shape index (κ2) is 7.96. The molecule has 0 spiro atoms. The van der Waals surface area contributed by atoms with E-state index in [1.165, 1.54) is 0 Å². The first-order valence-electron chi connectivity index (χ1n) is 9.04. The summed E-state index contributed by atoms with van der Waals surface area (Å²) >= 11 is 0. The van der Waals surface area contributed by atoms with E-state index in [9.17, 15) is 4.79 Å². The van der Waals surface area contributed by atoms with E-state index in [4.69, 9.17) is 14.2 Å². The Hall–Kier alpha value is -2.61. The van der Waals surface area contributed by atoms with Crippen molar-refractivity contribution in [2.75, 3.05) is 26.9 Å². The number of rotatable bonds is 7. The zero-order valence-corrected chi connectivity index (χ0v) is 16.2. The van der Waals surface area contributed by atoms with Crippen molar-refractivity contribution in [1.29, 1.82) is 0 Å². The molecule has 27 heavy (non-hydrogen) atoms. The van der Waals surface area contributed by atoms with Crippen LogP contribution in [0.3, 0.4) is 0 Å². The number of aromatic nitrogens is 3. The molecule has 1 aliphatic heterocycles. The summed E-state index contributed by atoms with van der Waals surface area (Å²) < 4.78 is 18.5. The second-order valence-electron chi connectivity index (χ2n) is 6.99. The molecule has 0 radical (unpaired) electrons. The molecule has 2 aromatic rings. The highest BCUT2D eigenvalue weighted by Crippen LogP contribution is 2.29. The summed E-state index contributed by atoms with van der Waals surface area (Å²) in [5, 5.41) is 11.4. The van der Waals surface area contributed by atoms with Crippen LogP contribution in [0.2, 0.25) is 0 Å². The third-order valence-corrected chi connectivity index (χ3v) is 4.58. The fraction of sp³-hybridized carbons (Fsp3) is 0.526. The van der Waals surface area contributed by atoms with Crippen molar-refractivity contribution in [3.8, 4) is 11.5 Å². The van der Waals surface area contributed by atoms with Crippen molar-refractivity contribution < 1.29 is 19.0 Å². The van der Waals surface area contributed by atoms with E-state index in [1.807, 2.05) is 49.6 Å². The molecule has 1 amide bonds. The minimum Gasteiger partial charge on any atom is -0.493 e. The maximum atomic E-state index is 12.9. The van der Waals surface area contributed by atoms with Gasteiger partial charge in [-0.3, -0.25) is 9.36 Å². The van der Waals surface area contributed by atoms with Gasteiger partial charge in [-0.05, 0) is 19.1 Å². The Morgan fingerprint density at radius 1 is 1.33 bits per heavy atom. The van der Waals surface area contributed by atoms with Crippen LogP contribution in [-0.4, -0.2) is 47.5 Å². The summed E-state index contributed by atoms with van der Waals surface area (Å²) in [6.07, 6.45) is 0. The minimum atomic E-state index is -0.888. The molecule has 0 aliphatic carbocycles. The lowest BCUT2D eigenvalue weighted by molar-refractivity contribution is -0.135. The molecule has 2 heterocycles. The molecular formula is C19H26N4O4.